The molecule has 0 amide bonds. The molecule has 0 unspecified atom stereocenters. The zero-order chi connectivity index (χ0) is 14.0. The second-order valence-electron chi connectivity index (χ2n) is 4.28. The van der Waals surface area contributed by atoms with Gasteiger partial charge < -0.3 is 9.84 Å². The number of aromatic carboxylic acids is 1. The molecule has 6 nitrogen and oxygen atoms in total. The number of hydrogen-bond acceptors (Lipinski definition) is 4. The topological polar surface area (TPSA) is 83.9 Å². The van der Waals surface area contributed by atoms with Gasteiger partial charge in [-0.05, 0) is 31.0 Å². The van der Waals surface area contributed by atoms with E-state index in [-0.39, 0.29) is 16.2 Å². The molecule has 1 aliphatic heterocycles. The van der Waals surface area contributed by atoms with Crippen molar-refractivity contribution in [1.82, 2.24) is 4.31 Å². The minimum Gasteiger partial charge on any atom is -0.495 e. The van der Waals surface area contributed by atoms with Crippen LogP contribution < -0.4 is 4.74 Å². The van der Waals surface area contributed by atoms with Gasteiger partial charge in [0, 0.05) is 13.1 Å². The number of sulfonamides is 1. The largest absolute Gasteiger partial charge is 0.495 e. The van der Waals surface area contributed by atoms with E-state index in [0.717, 1.165) is 12.8 Å². The highest BCUT2D eigenvalue weighted by Gasteiger charge is 2.30. The minimum absolute atomic E-state index is 0.00257. The first-order valence-corrected chi connectivity index (χ1v) is 7.32. The van der Waals surface area contributed by atoms with Crippen LogP contribution in [-0.4, -0.2) is 44.0 Å². The Labute approximate surface area is 111 Å². The summed E-state index contributed by atoms with van der Waals surface area (Å²) in [5, 5.41) is 8.89. The van der Waals surface area contributed by atoms with Crippen molar-refractivity contribution >= 4 is 16.0 Å². The Kier molecular flexibility index (Phi) is 3.77. The van der Waals surface area contributed by atoms with Crippen molar-refractivity contribution in [2.24, 2.45) is 0 Å². The van der Waals surface area contributed by atoms with Gasteiger partial charge in [0.1, 0.15) is 10.6 Å². The van der Waals surface area contributed by atoms with E-state index in [1.54, 1.807) is 0 Å². The SMILES string of the molecule is COc1cc(C(=O)O)ccc1S(=O)(=O)N1CCCC1. The number of benzene rings is 1. The van der Waals surface area contributed by atoms with Gasteiger partial charge in [-0.25, -0.2) is 13.2 Å². The molecule has 1 saturated heterocycles. The highest BCUT2D eigenvalue weighted by molar-refractivity contribution is 7.89. The molecule has 1 aliphatic rings. The molecule has 0 atom stereocenters. The fourth-order valence-electron chi connectivity index (χ4n) is 2.08. The molecule has 0 spiro atoms. The van der Waals surface area contributed by atoms with Gasteiger partial charge in [-0.15, -0.1) is 0 Å². The second-order valence-corrected chi connectivity index (χ2v) is 6.19. The number of methoxy groups -OCH3 is 1. The lowest BCUT2D eigenvalue weighted by atomic mass is 10.2. The van der Waals surface area contributed by atoms with Crippen molar-refractivity contribution in [1.29, 1.82) is 0 Å². The highest BCUT2D eigenvalue weighted by atomic mass is 32.2. The Hall–Kier alpha value is -1.60. The predicted octanol–water partition coefficient (Wildman–Crippen LogP) is 1.18. The van der Waals surface area contributed by atoms with Crippen LogP contribution in [0.25, 0.3) is 0 Å². The average Bonchev–Trinajstić information content (AvgIpc) is 2.92. The summed E-state index contributed by atoms with van der Waals surface area (Å²) >= 11 is 0. The van der Waals surface area contributed by atoms with E-state index in [1.165, 1.54) is 29.6 Å². The van der Waals surface area contributed by atoms with E-state index < -0.39 is 16.0 Å². The molecular weight excluding hydrogens is 270 g/mol. The molecule has 1 N–H and O–H groups in total. The molecule has 19 heavy (non-hydrogen) atoms. The maximum atomic E-state index is 12.4. The van der Waals surface area contributed by atoms with E-state index in [2.05, 4.69) is 0 Å². The third-order valence-electron chi connectivity index (χ3n) is 3.09. The lowest BCUT2D eigenvalue weighted by Crippen LogP contribution is -2.28. The van der Waals surface area contributed by atoms with Crippen molar-refractivity contribution in [2.75, 3.05) is 20.2 Å². The first-order chi connectivity index (χ1) is 8.96. The summed E-state index contributed by atoms with van der Waals surface area (Å²) in [6.45, 7) is 0.984. The summed E-state index contributed by atoms with van der Waals surface area (Å²) in [6.07, 6.45) is 1.68. The Balaban J connectivity index is 2.47. The third-order valence-corrected chi connectivity index (χ3v) is 5.03. The summed E-state index contributed by atoms with van der Waals surface area (Å²) in [6, 6.07) is 3.79. The van der Waals surface area contributed by atoms with Crippen LogP contribution in [-0.2, 0) is 10.0 Å². The number of hydrogen-bond donors (Lipinski definition) is 1. The highest BCUT2D eigenvalue weighted by Crippen LogP contribution is 2.29. The summed E-state index contributed by atoms with van der Waals surface area (Å²) in [7, 11) is -2.29. The molecule has 2 rings (SSSR count). The Bertz CT molecular complexity index is 590. The molecule has 0 radical (unpaired) electrons. The second kappa shape index (κ2) is 5.18. The molecule has 0 aromatic heterocycles. The van der Waals surface area contributed by atoms with Crippen LogP contribution in [0.15, 0.2) is 23.1 Å². The van der Waals surface area contributed by atoms with E-state index >= 15 is 0 Å². The Morgan fingerprint density at radius 1 is 1.32 bits per heavy atom. The molecule has 104 valence electrons. The van der Waals surface area contributed by atoms with Gasteiger partial charge >= 0.3 is 5.97 Å². The van der Waals surface area contributed by atoms with Crippen molar-refractivity contribution in [2.45, 2.75) is 17.7 Å². The zero-order valence-electron chi connectivity index (χ0n) is 10.5. The van der Waals surface area contributed by atoms with Crippen molar-refractivity contribution in [3.05, 3.63) is 23.8 Å². The fraction of sp³-hybridized carbons (Fsp3) is 0.417. The number of rotatable bonds is 4. The number of nitrogens with zero attached hydrogens (tertiary/aromatic N) is 1. The summed E-state index contributed by atoms with van der Waals surface area (Å²) in [5.74, 6) is -1.06. The monoisotopic (exact) mass is 285 g/mol. The van der Waals surface area contributed by atoms with E-state index in [0.29, 0.717) is 13.1 Å². The normalized spacial score (nSPS) is 16.5. The van der Waals surface area contributed by atoms with Crippen LogP contribution in [0.2, 0.25) is 0 Å². The predicted molar refractivity (Wildman–Crippen MR) is 67.9 cm³/mol. The van der Waals surface area contributed by atoms with E-state index in [1.807, 2.05) is 0 Å². The van der Waals surface area contributed by atoms with E-state index in [4.69, 9.17) is 9.84 Å². The van der Waals surface area contributed by atoms with Gasteiger partial charge in [0.25, 0.3) is 0 Å². The van der Waals surface area contributed by atoms with Crippen LogP contribution >= 0.6 is 0 Å². The number of ether oxygens (including phenoxy) is 1. The van der Waals surface area contributed by atoms with Crippen molar-refractivity contribution < 1.29 is 23.1 Å². The molecule has 1 heterocycles. The van der Waals surface area contributed by atoms with Crippen molar-refractivity contribution in [3.63, 3.8) is 0 Å². The fourth-order valence-corrected chi connectivity index (χ4v) is 3.73. The van der Waals surface area contributed by atoms with Crippen LogP contribution in [0.4, 0.5) is 0 Å². The van der Waals surface area contributed by atoms with Gasteiger partial charge in [0.05, 0.1) is 12.7 Å². The van der Waals surface area contributed by atoms with Gasteiger partial charge in [-0.1, -0.05) is 0 Å². The average molecular weight is 285 g/mol. The quantitative estimate of drug-likeness (QED) is 0.898. The first-order valence-electron chi connectivity index (χ1n) is 5.88. The van der Waals surface area contributed by atoms with Crippen LogP contribution in [0.3, 0.4) is 0 Å². The summed E-state index contributed by atoms with van der Waals surface area (Å²) < 4.78 is 31.2. The minimum atomic E-state index is -3.61. The lowest BCUT2D eigenvalue weighted by molar-refractivity contribution is 0.0696. The maximum absolute atomic E-state index is 12.4. The molecule has 1 fully saturated rings. The number of carbonyl (C=O) groups is 1. The third kappa shape index (κ3) is 2.57. The first kappa shape index (κ1) is 13.8. The molecule has 1 aromatic rings. The van der Waals surface area contributed by atoms with Crippen molar-refractivity contribution in [3.8, 4) is 5.75 Å². The Morgan fingerprint density at radius 3 is 2.47 bits per heavy atom. The standard InChI is InChI=1S/C12H15NO5S/c1-18-10-8-9(12(14)15)4-5-11(10)19(16,17)13-6-2-3-7-13/h4-5,8H,2-3,6-7H2,1H3,(H,14,15). The van der Waals surface area contributed by atoms with Gasteiger partial charge in [-0.2, -0.15) is 4.31 Å². The van der Waals surface area contributed by atoms with Crippen LogP contribution in [0.1, 0.15) is 23.2 Å². The smallest absolute Gasteiger partial charge is 0.335 e. The molecule has 0 aliphatic carbocycles. The van der Waals surface area contributed by atoms with E-state index in [9.17, 15) is 13.2 Å². The maximum Gasteiger partial charge on any atom is 0.335 e. The zero-order valence-corrected chi connectivity index (χ0v) is 11.3. The Morgan fingerprint density at radius 2 is 1.95 bits per heavy atom. The van der Waals surface area contributed by atoms with Gasteiger partial charge in [0.2, 0.25) is 10.0 Å². The van der Waals surface area contributed by atoms with Gasteiger partial charge in [0.15, 0.2) is 0 Å². The van der Waals surface area contributed by atoms with Crippen LogP contribution in [0, 0.1) is 0 Å². The summed E-state index contributed by atoms with van der Waals surface area (Å²) in [5.41, 5.74) is -0.00257. The molecule has 0 bridgehead atoms. The van der Waals surface area contributed by atoms with Gasteiger partial charge in [-0.3, -0.25) is 0 Å². The number of carboxylic acids is 1. The lowest BCUT2D eigenvalue weighted by Gasteiger charge is -2.17. The molecule has 0 saturated carbocycles. The molecule has 7 heteroatoms. The summed E-state index contributed by atoms with van der Waals surface area (Å²) in [4.78, 5) is 10.9. The number of carboxylic acid groups (broad SMARTS) is 1. The molecular formula is C12H15NO5S. The molecule has 1 aromatic carbocycles. The van der Waals surface area contributed by atoms with Crippen LogP contribution in [0.5, 0.6) is 5.75 Å².